The summed E-state index contributed by atoms with van der Waals surface area (Å²) in [6.07, 6.45) is -1.46. The Bertz CT molecular complexity index is 2010. The average molecular weight is 758 g/mol. The van der Waals surface area contributed by atoms with Crippen molar-refractivity contribution in [3.05, 3.63) is 167 Å². The fourth-order valence-corrected chi connectivity index (χ4v) is 7.50. The van der Waals surface area contributed by atoms with Gasteiger partial charge in [-0.2, -0.15) is 0 Å². The molecule has 3 amide bonds. The number of hydrogen-bond acceptors (Lipinski definition) is 7. The van der Waals surface area contributed by atoms with E-state index in [-0.39, 0.29) is 35.5 Å². The van der Waals surface area contributed by atoms with Crippen LogP contribution >= 0.6 is 11.8 Å². The highest BCUT2D eigenvalue weighted by Gasteiger charge is 2.39. The molecule has 0 radical (unpaired) electrons. The maximum Gasteiger partial charge on any atom is 0.408 e. The first-order chi connectivity index (χ1) is 26.4. The summed E-state index contributed by atoms with van der Waals surface area (Å²) in [6, 6.07) is 41.6. The van der Waals surface area contributed by atoms with Crippen LogP contribution in [0.1, 0.15) is 66.2 Å². The van der Waals surface area contributed by atoms with Gasteiger partial charge >= 0.3 is 12.1 Å². The van der Waals surface area contributed by atoms with Crippen LogP contribution < -0.4 is 16.0 Å². The van der Waals surface area contributed by atoms with Crippen LogP contribution in [-0.2, 0) is 23.9 Å². The molecule has 0 aliphatic rings. The molecule has 282 valence electrons. The monoisotopic (exact) mass is 757 g/mol. The van der Waals surface area contributed by atoms with E-state index in [9.17, 15) is 24.0 Å². The van der Waals surface area contributed by atoms with Crippen LogP contribution in [0.2, 0.25) is 0 Å². The van der Waals surface area contributed by atoms with Crippen LogP contribution in [0.15, 0.2) is 140 Å². The molecule has 5 rings (SSSR count). The maximum atomic E-state index is 14.3. The number of ether oxygens (including phenoxy) is 1. The van der Waals surface area contributed by atoms with Gasteiger partial charge in [0.15, 0.2) is 5.78 Å². The summed E-state index contributed by atoms with van der Waals surface area (Å²) in [6.45, 7) is 5.19. The van der Waals surface area contributed by atoms with Gasteiger partial charge in [0.25, 0.3) is 0 Å². The molecule has 0 saturated heterocycles. The number of carboxylic acid groups (broad SMARTS) is 1. The quantitative estimate of drug-likeness (QED) is 0.0616. The number of nitrogens with one attached hydrogen (secondary N) is 3. The van der Waals surface area contributed by atoms with Gasteiger partial charge in [-0.1, -0.05) is 121 Å². The molecular formula is C44H43N3O7S. The summed E-state index contributed by atoms with van der Waals surface area (Å²) in [5, 5.41) is 17.3. The van der Waals surface area contributed by atoms with E-state index in [1.165, 1.54) is 30.0 Å². The Kier molecular flexibility index (Phi) is 13.3. The molecule has 0 fully saturated rings. The van der Waals surface area contributed by atoms with Gasteiger partial charge in [-0.25, -0.2) is 4.79 Å². The number of aliphatic carboxylic acids is 1. The number of amides is 3. The highest BCUT2D eigenvalue weighted by Crippen LogP contribution is 2.48. The molecule has 0 bridgehead atoms. The highest BCUT2D eigenvalue weighted by molar-refractivity contribution is 8.00. The molecule has 0 aliphatic carbocycles. The summed E-state index contributed by atoms with van der Waals surface area (Å²) in [4.78, 5) is 65.0. The smallest absolute Gasteiger partial charge is 0.408 e. The fourth-order valence-electron chi connectivity index (χ4n) is 5.94. The number of carboxylic acids is 1. The molecule has 4 N–H and O–H groups in total. The fraction of sp³-hybridized carbons (Fsp3) is 0.205. The topological polar surface area (TPSA) is 151 Å². The summed E-state index contributed by atoms with van der Waals surface area (Å²) in [7, 11) is 0. The predicted octanol–water partition coefficient (Wildman–Crippen LogP) is 8.28. The van der Waals surface area contributed by atoms with Crippen molar-refractivity contribution in [2.24, 2.45) is 0 Å². The van der Waals surface area contributed by atoms with Gasteiger partial charge in [0.05, 0.1) is 16.9 Å². The van der Waals surface area contributed by atoms with Crippen molar-refractivity contribution in [3.63, 3.8) is 0 Å². The van der Waals surface area contributed by atoms with Crippen LogP contribution in [-0.4, -0.2) is 52.2 Å². The Balaban J connectivity index is 1.51. The standard InChI is InChI=1S/C44H43N3O7S/c1-43(2,3)54-42(53)47-37(29-55-44(31-18-10-5-11-19-31,32-20-12-6-13-21-32)33-22-14-7-15-23-33)41(52)45-34-24-25-36(46-38(48)26-27-39(49)50)35(28-34)40(51)30-16-8-4-9-17-30/h4-25,28,37H,26-27,29H2,1-3H3,(H,45,52)(H,46,48)(H,47,53)(H,49,50). The molecule has 0 heterocycles. The number of hydrogen-bond donors (Lipinski definition) is 4. The first-order valence-corrected chi connectivity index (χ1v) is 18.7. The molecule has 5 aromatic carbocycles. The van der Waals surface area contributed by atoms with Crippen molar-refractivity contribution < 1.29 is 33.8 Å². The zero-order valence-corrected chi connectivity index (χ0v) is 31.6. The molecule has 5 aromatic rings. The van der Waals surface area contributed by atoms with Gasteiger partial charge < -0.3 is 25.8 Å². The number of carbonyl (C=O) groups is 5. The number of anilines is 2. The molecule has 10 nitrogen and oxygen atoms in total. The number of carbonyl (C=O) groups excluding carboxylic acids is 4. The Morgan fingerprint density at radius 3 is 1.67 bits per heavy atom. The second-order valence-corrected chi connectivity index (χ2v) is 14.9. The molecular weight excluding hydrogens is 715 g/mol. The van der Waals surface area contributed by atoms with Gasteiger partial charge in [0.1, 0.15) is 11.6 Å². The third kappa shape index (κ3) is 10.7. The number of benzene rings is 5. The van der Waals surface area contributed by atoms with Crippen molar-refractivity contribution >= 4 is 52.8 Å². The third-order valence-corrected chi connectivity index (χ3v) is 10.1. The SMILES string of the molecule is CC(C)(C)OC(=O)NC(CSC(c1ccccc1)(c1ccccc1)c1ccccc1)C(=O)Nc1ccc(NC(=O)CCC(=O)O)c(C(=O)c2ccccc2)c1. The minimum absolute atomic E-state index is 0.0787. The van der Waals surface area contributed by atoms with E-state index in [2.05, 4.69) is 16.0 Å². The Labute approximate surface area is 324 Å². The van der Waals surface area contributed by atoms with Crippen LogP contribution in [0, 0.1) is 0 Å². The predicted molar refractivity (Wildman–Crippen MR) is 215 cm³/mol. The van der Waals surface area contributed by atoms with Crippen molar-refractivity contribution in [2.45, 2.75) is 50.0 Å². The van der Waals surface area contributed by atoms with Gasteiger partial charge in [-0.05, 0) is 55.7 Å². The highest BCUT2D eigenvalue weighted by atomic mass is 32.2. The van der Waals surface area contributed by atoms with E-state index in [4.69, 9.17) is 9.84 Å². The minimum atomic E-state index is -1.13. The van der Waals surface area contributed by atoms with Gasteiger partial charge in [0.2, 0.25) is 11.8 Å². The summed E-state index contributed by atoms with van der Waals surface area (Å²) in [5.41, 5.74) is 2.88. The lowest BCUT2D eigenvalue weighted by molar-refractivity contribution is -0.138. The van der Waals surface area contributed by atoms with Gasteiger partial charge in [0, 0.05) is 29.0 Å². The average Bonchev–Trinajstić information content (AvgIpc) is 3.18. The van der Waals surface area contributed by atoms with Crippen LogP contribution in [0.25, 0.3) is 0 Å². The van der Waals surface area contributed by atoms with E-state index in [0.29, 0.717) is 5.56 Å². The number of ketones is 1. The molecule has 0 saturated carbocycles. The second-order valence-electron chi connectivity index (χ2n) is 13.7. The van der Waals surface area contributed by atoms with E-state index in [1.807, 2.05) is 91.0 Å². The van der Waals surface area contributed by atoms with Crippen molar-refractivity contribution in [1.82, 2.24) is 5.32 Å². The molecule has 11 heteroatoms. The Morgan fingerprint density at radius 2 is 1.18 bits per heavy atom. The number of alkyl carbamates (subject to hydrolysis) is 1. The lowest BCUT2D eigenvalue weighted by atomic mass is 9.84. The van der Waals surface area contributed by atoms with Crippen molar-refractivity contribution in [3.8, 4) is 0 Å². The molecule has 0 spiro atoms. The van der Waals surface area contributed by atoms with Gasteiger partial charge in [-0.15, -0.1) is 11.8 Å². The zero-order valence-electron chi connectivity index (χ0n) is 30.8. The minimum Gasteiger partial charge on any atom is -0.481 e. The molecule has 1 atom stereocenters. The van der Waals surface area contributed by atoms with Crippen LogP contribution in [0.3, 0.4) is 0 Å². The number of rotatable bonds is 15. The second kappa shape index (κ2) is 18.2. The summed E-state index contributed by atoms with van der Waals surface area (Å²) < 4.78 is 4.78. The largest absolute Gasteiger partial charge is 0.481 e. The molecule has 0 aromatic heterocycles. The molecule has 1 unspecified atom stereocenters. The summed E-state index contributed by atoms with van der Waals surface area (Å²) >= 11 is 1.48. The van der Waals surface area contributed by atoms with E-state index < -0.39 is 46.1 Å². The lowest BCUT2D eigenvalue weighted by Crippen LogP contribution is -2.48. The Morgan fingerprint density at radius 1 is 0.673 bits per heavy atom. The normalized spacial score (nSPS) is 11.8. The molecule has 0 aliphatic heterocycles. The lowest BCUT2D eigenvalue weighted by Gasteiger charge is -2.36. The van der Waals surface area contributed by atoms with Crippen LogP contribution in [0.4, 0.5) is 16.2 Å². The zero-order chi connectivity index (χ0) is 39.4. The van der Waals surface area contributed by atoms with E-state index in [1.54, 1.807) is 51.1 Å². The number of thioether (sulfide) groups is 1. The van der Waals surface area contributed by atoms with Gasteiger partial charge in [-0.3, -0.25) is 19.2 Å². The summed E-state index contributed by atoms with van der Waals surface area (Å²) in [5.74, 6) is -2.62. The van der Waals surface area contributed by atoms with Crippen molar-refractivity contribution in [1.29, 1.82) is 0 Å². The van der Waals surface area contributed by atoms with E-state index in [0.717, 1.165) is 16.7 Å². The molecule has 55 heavy (non-hydrogen) atoms. The van der Waals surface area contributed by atoms with Crippen molar-refractivity contribution in [2.75, 3.05) is 16.4 Å². The maximum absolute atomic E-state index is 14.3. The van der Waals surface area contributed by atoms with E-state index >= 15 is 0 Å². The first kappa shape index (κ1) is 40.0. The van der Waals surface area contributed by atoms with Crippen LogP contribution in [0.5, 0.6) is 0 Å². The first-order valence-electron chi connectivity index (χ1n) is 17.7. The third-order valence-electron chi connectivity index (χ3n) is 8.42. The Hall–Kier alpha value is -6.20.